The number of amides is 1. The Bertz CT molecular complexity index is 462. The molecule has 0 saturated carbocycles. The van der Waals surface area contributed by atoms with Crippen LogP contribution in [0.5, 0.6) is 0 Å². The molecule has 1 heterocycles. The number of piperidine rings is 1. The lowest BCUT2D eigenvalue weighted by atomic mass is 9.98. The monoisotopic (exact) mass is 247 g/mol. The van der Waals surface area contributed by atoms with Crippen molar-refractivity contribution in [2.24, 2.45) is 5.92 Å². The van der Waals surface area contributed by atoms with Gasteiger partial charge in [-0.3, -0.25) is 4.79 Å². The summed E-state index contributed by atoms with van der Waals surface area (Å²) in [5.41, 5.74) is 0.376. The number of aromatic carboxylic acids is 1. The standard InChI is InChI=1S/C14H17NO3/c1-10-6-8-15(9-7-10)13(16)11-4-2-3-5-12(11)14(17)18/h2-5,10H,6-9H2,1H3,(H,17,18). The van der Waals surface area contributed by atoms with E-state index in [0.717, 1.165) is 12.8 Å². The Hall–Kier alpha value is -1.84. The van der Waals surface area contributed by atoms with Gasteiger partial charge in [-0.15, -0.1) is 0 Å². The molecule has 4 heteroatoms. The lowest BCUT2D eigenvalue weighted by molar-refractivity contribution is 0.0654. The molecule has 1 aromatic rings. The molecule has 1 N–H and O–H groups in total. The van der Waals surface area contributed by atoms with Gasteiger partial charge in [0.1, 0.15) is 0 Å². The highest BCUT2D eigenvalue weighted by molar-refractivity contribution is 6.04. The molecule has 0 aliphatic carbocycles. The number of hydrogen-bond acceptors (Lipinski definition) is 2. The number of likely N-dealkylation sites (tertiary alicyclic amines) is 1. The molecule has 1 saturated heterocycles. The molecule has 0 atom stereocenters. The maximum absolute atomic E-state index is 12.3. The molecule has 1 amide bonds. The minimum absolute atomic E-state index is 0.0844. The lowest BCUT2D eigenvalue weighted by Gasteiger charge is -2.30. The number of carbonyl (C=O) groups excluding carboxylic acids is 1. The first-order valence-electron chi connectivity index (χ1n) is 6.21. The third kappa shape index (κ3) is 2.53. The minimum atomic E-state index is -1.05. The molecular formula is C14H17NO3. The normalized spacial score (nSPS) is 16.6. The van der Waals surface area contributed by atoms with Crippen molar-refractivity contribution in [3.05, 3.63) is 35.4 Å². The Morgan fingerprint density at radius 1 is 1.17 bits per heavy atom. The second kappa shape index (κ2) is 5.21. The summed E-state index contributed by atoms with van der Waals surface area (Å²) in [4.78, 5) is 25.1. The van der Waals surface area contributed by atoms with Gasteiger partial charge in [0, 0.05) is 13.1 Å². The van der Waals surface area contributed by atoms with E-state index in [-0.39, 0.29) is 11.5 Å². The van der Waals surface area contributed by atoms with Gasteiger partial charge >= 0.3 is 5.97 Å². The summed E-state index contributed by atoms with van der Waals surface area (Å²) in [6, 6.07) is 6.40. The largest absolute Gasteiger partial charge is 0.478 e. The van der Waals surface area contributed by atoms with Gasteiger partial charge in [-0.05, 0) is 30.9 Å². The predicted molar refractivity (Wildman–Crippen MR) is 67.7 cm³/mol. The van der Waals surface area contributed by atoms with Crippen LogP contribution in [0.3, 0.4) is 0 Å². The predicted octanol–water partition coefficient (Wildman–Crippen LogP) is 2.26. The van der Waals surface area contributed by atoms with E-state index in [1.165, 1.54) is 6.07 Å². The highest BCUT2D eigenvalue weighted by atomic mass is 16.4. The van der Waals surface area contributed by atoms with Crippen LogP contribution in [0.15, 0.2) is 24.3 Å². The van der Waals surface area contributed by atoms with Crippen LogP contribution in [-0.4, -0.2) is 35.0 Å². The maximum atomic E-state index is 12.3. The molecule has 1 aromatic carbocycles. The summed E-state index contributed by atoms with van der Waals surface area (Å²) in [5, 5.41) is 9.08. The Kier molecular flexibility index (Phi) is 3.65. The second-order valence-corrected chi connectivity index (χ2v) is 4.83. The van der Waals surface area contributed by atoms with Gasteiger partial charge in [0.15, 0.2) is 0 Å². The van der Waals surface area contributed by atoms with Gasteiger partial charge in [-0.25, -0.2) is 4.79 Å². The van der Waals surface area contributed by atoms with E-state index in [4.69, 9.17) is 5.11 Å². The third-order valence-corrected chi connectivity index (χ3v) is 3.46. The van der Waals surface area contributed by atoms with E-state index in [2.05, 4.69) is 6.92 Å². The highest BCUT2D eigenvalue weighted by Gasteiger charge is 2.24. The Labute approximate surface area is 106 Å². The van der Waals surface area contributed by atoms with Crippen LogP contribution in [0, 0.1) is 5.92 Å². The zero-order chi connectivity index (χ0) is 13.1. The van der Waals surface area contributed by atoms with Gasteiger partial charge < -0.3 is 10.0 Å². The molecular weight excluding hydrogens is 230 g/mol. The van der Waals surface area contributed by atoms with Crippen LogP contribution in [0.1, 0.15) is 40.5 Å². The summed E-state index contributed by atoms with van der Waals surface area (Å²) in [7, 11) is 0. The van der Waals surface area contributed by atoms with Crippen molar-refractivity contribution in [3.63, 3.8) is 0 Å². The summed E-state index contributed by atoms with van der Waals surface area (Å²) < 4.78 is 0. The average Bonchev–Trinajstić information content (AvgIpc) is 2.39. The van der Waals surface area contributed by atoms with Gasteiger partial charge in [-0.2, -0.15) is 0 Å². The minimum Gasteiger partial charge on any atom is -0.478 e. The van der Waals surface area contributed by atoms with Gasteiger partial charge in [0.2, 0.25) is 0 Å². The van der Waals surface area contributed by atoms with Crippen molar-refractivity contribution < 1.29 is 14.7 Å². The van der Waals surface area contributed by atoms with E-state index in [9.17, 15) is 9.59 Å². The average molecular weight is 247 g/mol. The van der Waals surface area contributed by atoms with Crippen molar-refractivity contribution in [2.45, 2.75) is 19.8 Å². The molecule has 18 heavy (non-hydrogen) atoms. The molecule has 1 aliphatic rings. The van der Waals surface area contributed by atoms with E-state index in [1.807, 2.05) is 0 Å². The van der Waals surface area contributed by atoms with Crippen molar-refractivity contribution in [3.8, 4) is 0 Å². The summed E-state index contributed by atoms with van der Waals surface area (Å²) in [6.07, 6.45) is 1.97. The number of carbonyl (C=O) groups is 2. The van der Waals surface area contributed by atoms with Gasteiger partial charge in [0.25, 0.3) is 5.91 Å². The molecule has 1 fully saturated rings. The first kappa shape index (κ1) is 12.6. The Balaban J connectivity index is 2.21. The Morgan fingerprint density at radius 3 is 2.28 bits per heavy atom. The molecule has 0 radical (unpaired) electrons. The second-order valence-electron chi connectivity index (χ2n) is 4.83. The fourth-order valence-electron chi connectivity index (χ4n) is 2.24. The lowest BCUT2D eigenvalue weighted by Crippen LogP contribution is -2.38. The Morgan fingerprint density at radius 2 is 1.72 bits per heavy atom. The van der Waals surface area contributed by atoms with Crippen LogP contribution >= 0.6 is 0 Å². The molecule has 4 nitrogen and oxygen atoms in total. The third-order valence-electron chi connectivity index (χ3n) is 3.46. The first-order valence-corrected chi connectivity index (χ1v) is 6.21. The zero-order valence-electron chi connectivity index (χ0n) is 10.4. The van der Waals surface area contributed by atoms with Crippen LogP contribution in [0.25, 0.3) is 0 Å². The molecule has 0 spiro atoms. The van der Waals surface area contributed by atoms with Crippen molar-refractivity contribution in [1.82, 2.24) is 4.90 Å². The number of benzene rings is 1. The molecule has 0 aromatic heterocycles. The molecule has 96 valence electrons. The van der Waals surface area contributed by atoms with E-state index >= 15 is 0 Å². The smallest absolute Gasteiger partial charge is 0.336 e. The summed E-state index contributed by atoms with van der Waals surface area (Å²) in [5.74, 6) is -0.576. The topological polar surface area (TPSA) is 57.6 Å². The number of hydrogen-bond donors (Lipinski definition) is 1. The zero-order valence-corrected chi connectivity index (χ0v) is 10.4. The molecule has 0 bridgehead atoms. The van der Waals surface area contributed by atoms with Crippen LogP contribution in [-0.2, 0) is 0 Å². The highest BCUT2D eigenvalue weighted by Crippen LogP contribution is 2.19. The fourth-order valence-corrected chi connectivity index (χ4v) is 2.24. The van der Waals surface area contributed by atoms with Crippen LogP contribution in [0.4, 0.5) is 0 Å². The van der Waals surface area contributed by atoms with Gasteiger partial charge in [0.05, 0.1) is 11.1 Å². The fraction of sp³-hybridized carbons (Fsp3) is 0.429. The number of rotatable bonds is 2. The van der Waals surface area contributed by atoms with Crippen molar-refractivity contribution in [1.29, 1.82) is 0 Å². The maximum Gasteiger partial charge on any atom is 0.336 e. The van der Waals surface area contributed by atoms with Crippen LogP contribution < -0.4 is 0 Å². The van der Waals surface area contributed by atoms with E-state index in [0.29, 0.717) is 24.6 Å². The first-order chi connectivity index (χ1) is 8.59. The van der Waals surface area contributed by atoms with Crippen molar-refractivity contribution in [2.75, 3.05) is 13.1 Å². The molecule has 2 rings (SSSR count). The SMILES string of the molecule is CC1CCN(C(=O)c2ccccc2C(=O)O)CC1. The summed E-state index contributed by atoms with van der Waals surface area (Å²) in [6.45, 7) is 3.61. The quantitative estimate of drug-likeness (QED) is 0.872. The van der Waals surface area contributed by atoms with Crippen LogP contribution in [0.2, 0.25) is 0 Å². The number of carboxylic acids is 1. The molecule has 0 unspecified atom stereocenters. The number of carboxylic acid groups (broad SMARTS) is 1. The van der Waals surface area contributed by atoms with E-state index < -0.39 is 5.97 Å². The number of nitrogens with zero attached hydrogens (tertiary/aromatic N) is 1. The van der Waals surface area contributed by atoms with Gasteiger partial charge in [-0.1, -0.05) is 19.1 Å². The molecule has 1 aliphatic heterocycles. The van der Waals surface area contributed by atoms with Crippen molar-refractivity contribution >= 4 is 11.9 Å². The van der Waals surface area contributed by atoms with E-state index in [1.54, 1.807) is 23.1 Å². The summed E-state index contributed by atoms with van der Waals surface area (Å²) >= 11 is 0.